The number of benzene rings is 1. The number of carbonyl (C=O) groups is 1. The van der Waals surface area contributed by atoms with Crippen LogP contribution in [0.1, 0.15) is 12.5 Å². The zero-order chi connectivity index (χ0) is 15.5. The van der Waals surface area contributed by atoms with Gasteiger partial charge in [0, 0.05) is 31.4 Å². The normalized spacial score (nSPS) is 18.5. The van der Waals surface area contributed by atoms with E-state index < -0.39 is 0 Å². The van der Waals surface area contributed by atoms with E-state index in [0.29, 0.717) is 0 Å². The lowest BCUT2D eigenvalue weighted by atomic mass is 10.1. The van der Waals surface area contributed by atoms with Gasteiger partial charge in [0.2, 0.25) is 5.91 Å². The van der Waals surface area contributed by atoms with E-state index >= 15 is 0 Å². The predicted molar refractivity (Wildman–Crippen MR) is 84.6 cm³/mol. The number of carbonyl (C=O) groups excluding carboxylic acids is 1. The Hall–Kier alpha value is -2.37. The Morgan fingerprint density at radius 1 is 1.32 bits per heavy atom. The van der Waals surface area contributed by atoms with Gasteiger partial charge in [-0.15, -0.1) is 0 Å². The molecule has 6 heteroatoms. The van der Waals surface area contributed by atoms with Gasteiger partial charge in [0.25, 0.3) is 0 Å². The summed E-state index contributed by atoms with van der Waals surface area (Å²) in [6, 6.07) is 8.58. The minimum atomic E-state index is 0.0995. The molecular formula is C16H21N5O. The SMILES string of the molecule is Cc1ccccc1N1CCN(C(=O)Cn2cncn2)[C@H](C)C1. The van der Waals surface area contributed by atoms with Crippen LogP contribution in [0.3, 0.4) is 0 Å². The average Bonchev–Trinajstić information content (AvgIpc) is 3.00. The highest BCUT2D eigenvalue weighted by atomic mass is 16.2. The average molecular weight is 299 g/mol. The number of anilines is 1. The molecule has 0 spiro atoms. The third kappa shape index (κ3) is 2.95. The fourth-order valence-electron chi connectivity index (χ4n) is 3.01. The second kappa shape index (κ2) is 6.17. The van der Waals surface area contributed by atoms with Crippen LogP contribution >= 0.6 is 0 Å². The van der Waals surface area contributed by atoms with Crippen molar-refractivity contribution in [2.75, 3.05) is 24.5 Å². The smallest absolute Gasteiger partial charge is 0.244 e. The number of amides is 1. The van der Waals surface area contributed by atoms with E-state index in [2.05, 4.69) is 53.1 Å². The Kier molecular flexibility index (Phi) is 4.09. The highest BCUT2D eigenvalue weighted by Gasteiger charge is 2.28. The second-order valence-corrected chi connectivity index (χ2v) is 5.76. The Labute approximate surface area is 130 Å². The van der Waals surface area contributed by atoms with E-state index in [9.17, 15) is 4.79 Å². The van der Waals surface area contributed by atoms with Crippen molar-refractivity contribution >= 4 is 11.6 Å². The van der Waals surface area contributed by atoms with Gasteiger partial charge in [0.05, 0.1) is 0 Å². The van der Waals surface area contributed by atoms with Crippen molar-refractivity contribution in [3.05, 3.63) is 42.5 Å². The monoisotopic (exact) mass is 299 g/mol. The van der Waals surface area contributed by atoms with E-state index in [1.54, 1.807) is 11.0 Å². The third-order valence-electron chi connectivity index (χ3n) is 4.17. The van der Waals surface area contributed by atoms with E-state index in [0.717, 1.165) is 19.6 Å². The van der Waals surface area contributed by atoms with Gasteiger partial charge in [-0.25, -0.2) is 9.67 Å². The van der Waals surface area contributed by atoms with Gasteiger partial charge in [-0.1, -0.05) is 18.2 Å². The number of nitrogens with zero attached hydrogens (tertiary/aromatic N) is 5. The number of piperazine rings is 1. The molecule has 6 nitrogen and oxygen atoms in total. The fourth-order valence-corrected chi connectivity index (χ4v) is 3.01. The lowest BCUT2D eigenvalue weighted by Gasteiger charge is -2.41. The molecule has 22 heavy (non-hydrogen) atoms. The lowest BCUT2D eigenvalue weighted by Crippen LogP contribution is -2.55. The molecule has 0 saturated carbocycles. The summed E-state index contributed by atoms with van der Waals surface area (Å²) in [5.74, 6) is 0.0995. The first-order valence-corrected chi connectivity index (χ1v) is 7.57. The maximum atomic E-state index is 12.4. The highest BCUT2D eigenvalue weighted by molar-refractivity contribution is 5.76. The molecule has 2 aromatic rings. The Balaban J connectivity index is 1.65. The summed E-state index contributed by atoms with van der Waals surface area (Å²) in [6.45, 7) is 6.94. The minimum absolute atomic E-state index is 0.0995. The summed E-state index contributed by atoms with van der Waals surface area (Å²) in [5.41, 5.74) is 2.54. The maximum absolute atomic E-state index is 12.4. The quantitative estimate of drug-likeness (QED) is 0.858. The molecule has 1 aliphatic rings. The van der Waals surface area contributed by atoms with Gasteiger partial charge in [-0.3, -0.25) is 4.79 Å². The number of hydrogen-bond acceptors (Lipinski definition) is 4. The lowest BCUT2D eigenvalue weighted by molar-refractivity contribution is -0.134. The Bertz CT molecular complexity index is 640. The summed E-state index contributed by atoms with van der Waals surface area (Å²) in [7, 11) is 0. The van der Waals surface area contributed by atoms with Crippen molar-refractivity contribution in [2.45, 2.75) is 26.4 Å². The van der Waals surface area contributed by atoms with Crippen molar-refractivity contribution in [3.8, 4) is 0 Å². The van der Waals surface area contributed by atoms with Gasteiger partial charge < -0.3 is 9.80 Å². The third-order valence-corrected chi connectivity index (χ3v) is 4.17. The first-order chi connectivity index (χ1) is 10.6. The topological polar surface area (TPSA) is 54.3 Å². The van der Waals surface area contributed by atoms with Crippen LogP contribution in [0.25, 0.3) is 0 Å². The van der Waals surface area contributed by atoms with Crippen molar-refractivity contribution in [1.82, 2.24) is 19.7 Å². The molecule has 116 valence electrons. The van der Waals surface area contributed by atoms with Gasteiger partial charge in [0.1, 0.15) is 19.2 Å². The zero-order valence-corrected chi connectivity index (χ0v) is 13.0. The molecule has 0 N–H and O–H groups in total. The van der Waals surface area contributed by atoms with Gasteiger partial charge in [-0.2, -0.15) is 5.10 Å². The van der Waals surface area contributed by atoms with Crippen molar-refractivity contribution in [2.24, 2.45) is 0 Å². The molecule has 1 saturated heterocycles. The minimum Gasteiger partial charge on any atom is -0.367 e. The molecule has 2 heterocycles. The molecule has 1 fully saturated rings. The molecule has 3 rings (SSSR count). The van der Waals surface area contributed by atoms with E-state index in [-0.39, 0.29) is 18.5 Å². The summed E-state index contributed by atoms with van der Waals surface area (Å²) < 4.78 is 1.57. The summed E-state index contributed by atoms with van der Waals surface area (Å²) in [6.07, 6.45) is 3.03. The number of aryl methyl sites for hydroxylation is 1. The van der Waals surface area contributed by atoms with Crippen LogP contribution in [0.4, 0.5) is 5.69 Å². The first-order valence-electron chi connectivity index (χ1n) is 7.57. The molecule has 1 amide bonds. The van der Waals surface area contributed by atoms with Crippen molar-refractivity contribution in [1.29, 1.82) is 0 Å². The largest absolute Gasteiger partial charge is 0.367 e. The molecule has 0 aliphatic carbocycles. The van der Waals surface area contributed by atoms with Gasteiger partial charge in [0.15, 0.2) is 0 Å². The number of rotatable bonds is 3. The molecule has 1 aromatic carbocycles. The van der Waals surface area contributed by atoms with Crippen molar-refractivity contribution in [3.63, 3.8) is 0 Å². The van der Waals surface area contributed by atoms with Crippen LogP contribution in [0.5, 0.6) is 0 Å². The number of para-hydroxylation sites is 1. The molecule has 0 unspecified atom stereocenters. The summed E-state index contributed by atoms with van der Waals surface area (Å²) >= 11 is 0. The molecular weight excluding hydrogens is 278 g/mol. The molecule has 0 radical (unpaired) electrons. The molecule has 0 bridgehead atoms. The first kappa shape index (κ1) is 14.6. The van der Waals surface area contributed by atoms with Gasteiger partial charge in [-0.05, 0) is 25.5 Å². The van der Waals surface area contributed by atoms with Crippen LogP contribution < -0.4 is 4.90 Å². The molecule has 1 aromatic heterocycles. The fraction of sp³-hybridized carbons (Fsp3) is 0.438. The Morgan fingerprint density at radius 2 is 2.14 bits per heavy atom. The Morgan fingerprint density at radius 3 is 2.82 bits per heavy atom. The summed E-state index contributed by atoms with van der Waals surface area (Å²) in [5, 5.41) is 4.00. The van der Waals surface area contributed by atoms with Crippen LogP contribution in [-0.4, -0.2) is 51.2 Å². The number of hydrogen-bond donors (Lipinski definition) is 0. The molecule has 1 aliphatic heterocycles. The van der Waals surface area contributed by atoms with E-state index in [1.165, 1.54) is 17.6 Å². The zero-order valence-electron chi connectivity index (χ0n) is 13.0. The molecule has 1 atom stereocenters. The van der Waals surface area contributed by atoms with Crippen LogP contribution in [-0.2, 0) is 11.3 Å². The van der Waals surface area contributed by atoms with Crippen molar-refractivity contribution < 1.29 is 4.79 Å². The van der Waals surface area contributed by atoms with Crippen LogP contribution in [0.15, 0.2) is 36.9 Å². The predicted octanol–water partition coefficient (Wildman–Crippen LogP) is 1.32. The van der Waals surface area contributed by atoms with Crippen LogP contribution in [0, 0.1) is 6.92 Å². The second-order valence-electron chi connectivity index (χ2n) is 5.76. The van der Waals surface area contributed by atoms with Gasteiger partial charge >= 0.3 is 0 Å². The van der Waals surface area contributed by atoms with E-state index in [1.807, 2.05) is 4.90 Å². The van der Waals surface area contributed by atoms with Crippen LogP contribution in [0.2, 0.25) is 0 Å². The highest BCUT2D eigenvalue weighted by Crippen LogP contribution is 2.22. The van der Waals surface area contributed by atoms with E-state index in [4.69, 9.17) is 0 Å². The number of aromatic nitrogens is 3. The summed E-state index contributed by atoms with van der Waals surface area (Å²) in [4.78, 5) is 20.6. The maximum Gasteiger partial charge on any atom is 0.244 e. The standard InChI is InChI=1S/C16H21N5O/c1-13-5-3-4-6-15(13)19-7-8-21(14(2)9-19)16(22)10-20-12-17-11-18-20/h3-6,11-12,14H,7-10H2,1-2H3/t14-/m1/s1.